The van der Waals surface area contributed by atoms with E-state index in [-0.39, 0.29) is 5.56 Å². The highest BCUT2D eigenvalue weighted by Crippen LogP contribution is 2.18. The summed E-state index contributed by atoms with van der Waals surface area (Å²) in [6.45, 7) is -1.12. The molecule has 0 aromatic heterocycles. The fraction of sp³-hybridized carbons (Fsp3) is 0.118. The lowest BCUT2D eigenvalue weighted by Gasteiger charge is -2.08. The molecule has 0 fully saturated rings. The van der Waals surface area contributed by atoms with Gasteiger partial charge in [0, 0.05) is 11.8 Å². The molecule has 0 aliphatic carbocycles. The number of carbonyl (C=O) groups excluding carboxylic acids is 3. The van der Waals surface area contributed by atoms with E-state index in [1.54, 1.807) is 0 Å². The van der Waals surface area contributed by atoms with Crippen LogP contribution >= 0.6 is 0 Å². The van der Waals surface area contributed by atoms with Crippen molar-refractivity contribution in [1.29, 1.82) is 0 Å². The van der Waals surface area contributed by atoms with Crippen LogP contribution in [0.2, 0.25) is 0 Å². The molecule has 0 heterocycles. The van der Waals surface area contributed by atoms with Crippen molar-refractivity contribution in [2.24, 2.45) is 0 Å². The molecule has 0 saturated carbocycles. The number of nitrogens with zero attached hydrogens (tertiary/aromatic N) is 1. The van der Waals surface area contributed by atoms with Crippen LogP contribution in [0.1, 0.15) is 10.4 Å². The summed E-state index contributed by atoms with van der Waals surface area (Å²) in [6, 6.07) is 10.2. The first-order valence-corrected chi connectivity index (χ1v) is 7.59. The van der Waals surface area contributed by atoms with Gasteiger partial charge in [-0.2, -0.15) is 0 Å². The average Bonchev–Trinajstić information content (AvgIpc) is 2.66. The van der Waals surface area contributed by atoms with Crippen molar-refractivity contribution in [3.63, 3.8) is 0 Å². The maximum absolute atomic E-state index is 12.8. The third kappa shape index (κ3) is 5.88. The van der Waals surface area contributed by atoms with Crippen LogP contribution in [-0.2, 0) is 14.3 Å². The van der Waals surface area contributed by atoms with Gasteiger partial charge in [0.2, 0.25) is 5.91 Å². The first-order valence-electron chi connectivity index (χ1n) is 7.59. The van der Waals surface area contributed by atoms with Crippen molar-refractivity contribution in [2.45, 2.75) is 0 Å². The number of esters is 1. The van der Waals surface area contributed by atoms with Crippen LogP contribution in [0.15, 0.2) is 48.5 Å². The molecule has 0 atom stereocenters. The number of benzene rings is 2. The van der Waals surface area contributed by atoms with E-state index in [0.717, 1.165) is 18.2 Å². The second-order valence-electron chi connectivity index (χ2n) is 5.18. The Morgan fingerprint density at radius 3 is 2.37 bits per heavy atom. The van der Waals surface area contributed by atoms with E-state index in [9.17, 15) is 28.9 Å². The van der Waals surface area contributed by atoms with Gasteiger partial charge in [-0.25, -0.2) is 9.18 Å². The molecule has 0 spiro atoms. The molecule has 10 heteroatoms. The molecule has 0 saturated heterocycles. The van der Waals surface area contributed by atoms with Gasteiger partial charge >= 0.3 is 5.97 Å². The topological polar surface area (TPSA) is 128 Å². The fourth-order valence-electron chi connectivity index (χ4n) is 1.98. The van der Waals surface area contributed by atoms with Crippen LogP contribution in [0.25, 0.3) is 0 Å². The van der Waals surface area contributed by atoms with Gasteiger partial charge in [-0.1, -0.05) is 12.1 Å². The third-order valence-corrected chi connectivity index (χ3v) is 3.23. The highest BCUT2D eigenvalue weighted by atomic mass is 19.1. The minimum atomic E-state index is -1.03. The quantitative estimate of drug-likeness (QED) is 0.430. The maximum Gasteiger partial charge on any atom is 0.345 e. The lowest BCUT2D eigenvalue weighted by Crippen LogP contribution is -2.35. The Bertz CT molecular complexity index is 869. The summed E-state index contributed by atoms with van der Waals surface area (Å²) in [5, 5.41) is 15.5. The molecule has 27 heavy (non-hydrogen) atoms. The van der Waals surface area contributed by atoms with E-state index in [1.165, 1.54) is 30.3 Å². The maximum atomic E-state index is 12.8. The minimum absolute atomic E-state index is 0.288. The van der Waals surface area contributed by atoms with Crippen LogP contribution in [0.5, 0.6) is 0 Å². The van der Waals surface area contributed by atoms with E-state index in [0.29, 0.717) is 5.69 Å². The molecule has 0 radical (unpaired) electrons. The van der Waals surface area contributed by atoms with Gasteiger partial charge in [-0.15, -0.1) is 0 Å². The number of halogens is 1. The molecule has 140 valence electrons. The Labute approximate surface area is 152 Å². The minimum Gasteiger partial charge on any atom is -0.452 e. The number of amides is 2. The van der Waals surface area contributed by atoms with Gasteiger partial charge in [0.1, 0.15) is 11.4 Å². The number of anilines is 1. The highest BCUT2D eigenvalue weighted by Gasteiger charge is 2.21. The van der Waals surface area contributed by atoms with Gasteiger partial charge in [-0.3, -0.25) is 19.7 Å². The number of rotatable bonds is 7. The molecule has 2 N–H and O–H groups in total. The Morgan fingerprint density at radius 2 is 1.70 bits per heavy atom. The first-order chi connectivity index (χ1) is 12.9. The predicted octanol–water partition coefficient (Wildman–Crippen LogP) is 1.65. The Balaban J connectivity index is 1.79. The average molecular weight is 375 g/mol. The molecule has 0 aliphatic heterocycles. The Hall–Kier alpha value is -3.82. The summed E-state index contributed by atoms with van der Waals surface area (Å²) in [5.41, 5.74) is -0.385. The zero-order chi connectivity index (χ0) is 19.8. The van der Waals surface area contributed by atoms with Gasteiger partial charge < -0.3 is 15.4 Å². The number of hydrogen-bond donors (Lipinski definition) is 2. The predicted molar refractivity (Wildman–Crippen MR) is 91.4 cm³/mol. The molecular weight excluding hydrogens is 361 g/mol. The number of nitrogens with one attached hydrogen (secondary N) is 2. The standard InChI is InChI=1S/C17H14FN3O6/c18-11-5-7-12(8-6-11)20-15(22)9-19-16(23)10-27-17(24)13-3-1-2-4-14(13)21(25)26/h1-8H,9-10H2,(H,19,23)(H,20,22). The second-order valence-corrected chi connectivity index (χ2v) is 5.18. The SMILES string of the molecule is O=C(COC(=O)c1ccccc1[N+](=O)[O-])NCC(=O)Nc1ccc(F)cc1. The summed E-state index contributed by atoms with van der Waals surface area (Å²) in [7, 11) is 0. The van der Waals surface area contributed by atoms with E-state index in [1.807, 2.05) is 0 Å². The monoisotopic (exact) mass is 375 g/mol. The molecule has 2 aromatic rings. The van der Waals surface area contributed by atoms with E-state index < -0.39 is 47.4 Å². The van der Waals surface area contributed by atoms with Crippen LogP contribution in [-0.4, -0.2) is 35.9 Å². The van der Waals surface area contributed by atoms with Crippen LogP contribution in [0, 0.1) is 15.9 Å². The van der Waals surface area contributed by atoms with Crippen LogP contribution < -0.4 is 10.6 Å². The van der Waals surface area contributed by atoms with Crippen molar-refractivity contribution in [1.82, 2.24) is 5.32 Å². The summed E-state index contributed by atoms with van der Waals surface area (Å²) in [6.07, 6.45) is 0. The normalized spacial score (nSPS) is 9.96. The molecule has 2 amide bonds. The molecule has 2 aromatic carbocycles. The summed E-state index contributed by atoms with van der Waals surface area (Å²) in [5.74, 6) is -2.83. The largest absolute Gasteiger partial charge is 0.452 e. The number of carbonyl (C=O) groups is 3. The van der Waals surface area contributed by atoms with E-state index in [4.69, 9.17) is 4.74 Å². The lowest BCUT2D eigenvalue weighted by molar-refractivity contribution is -0.385. The van der Waals surface area contributed by atoms with Gasteiger partial charge in [0.15, 0.2) is 6.61 Å². The zero-order valence-corrected chi connectivity index (χ0v) is 13.8. The van der Waals surface area contributed by atoms with E-state index >= 15 is 0 Å². The lowest BCUT2D eigenvalue weighted by atomic mass is 10.2. The molecule has 0 bridgehead atoms. The number of para-hydroxylation sites is 1. The van der Waals surface area contributed by atoms with Gasteiger partial charge in [0.25, 0.3) is 11.6 Å². The molecule has 9 nitrogen and oxygen atoms in total. The van der Waals surface area contributed by atoms with Crippen molar-refractivity contribution in [3.8, 4) is 0 Å². The molecule has 0 aliphatic rings. The van der Waals surface area contributed by atoms with Crippen LogP contribution in [0.3, 0.4) is 0 Å². The summed E-state index contributed by atoms with van der Waals surface area (Å²) >= 11 is 0. The number of nitro groups is 1. The summed E-state index contributed by atoms with van der Waals surface area (Å²) in [4.78, 5) is 45.3. The van der Waals surface area contributed by atoms with Crippen molar-refractivity contribution >= 4 is 29.2 Å². The van der Waals surface area contributed by atoms with Crippen molar-refractivity contribution in [3.05, 3.63) is 70.0 Å². The Kier molecular flexibility index (Phi) is 6.53. The summed E-state index contributed by atoms with van der Waals surface area (Å²) < 4.78 is 17.5. The zero-order valence-electron chi connectivity index (χ0n) is 13.8. The number of ether oxygens (including phenoxy) is 1. The van der Waals surface area contributed by atoms with Crippen LogP contribution in [0.4, 0.5) is 15.8 Å². The van der Waals surface area contributed by atoms with Gasteiger partial charge in [0.05, 0.1) is 11.5 Å². The molecule has 2 rings (SSSR count). The fourth-order valence-corrected chi connectivity index (χ4v) is 1.98. The number of hydrogen-bond acceptors (Lipinski definition) is 6. The van der Waals surface area contributed by atoms with E-state index in [2.05, 4.69) is 10.6 Å². The third-order valence-electron chi connectivity index (χ3n) is 3.23. The van der Waals surface area contributed by atoms with Gasteiger partial charge in [-0.05, 0) is 30.3 Å². The smallest absolute Gasteiger partial charge is 0.345 e. The number of nitro benzene ring substituents is 1. The Morgan fingerprint density at radius 1 is 1.04 bits per heavy atom. The first kappa shape index (κ1) is 19.5. The highest BCUT2D eigenvalue weighted by molar-refractivity contribution is 5.96. The molecule has 0 unspecified atom stereocenters. The van der Waals surface area contributed by atoms with Crippen molar-refractivity contribution in [2.75, 3.05) is 18.5 Å². The van der Waals surface area contributed by atoms with Crippen molar-refractivity contribution < 1.29 is 28.4 Å². The second kappa shape index (κ2) is 9.04. The molecular formula is C17H14FN3O6.